The second-order valence-corrected chi connectivity index (χ2v) is 9.37. The Labute approximate surface area is 205 Å². The summed E-state index contributed by atoms with van der Waals surface area (Å²) in [4.78, 5) is 32.3. The van der Waals surface area contributed by atoms with Gasteiger partial charge in [0.1, 0.15) is 11.9 Å². The van der Waals surface area contributed by atoms with Crippen LogP contribution in [0.15, 0.2) is 54.6 Å². The van der Waals surface area contributed by atoms with E-state index in [9.17, 15) is 14.0 Å². The monoisotopic (exact) mass is 482 g/mol. The van der Waals surface area contributed by atoms with E-state index in [0.717, 1.165) is 38.9 Å². The molecule has 8 heteroatoms. The number of benzene rings is 2. The average molecular weight is 483 g/mol. The Kier molecular flexibility index (Phi) is 7.90. The maximum atomic E-state index is 13.5. The summed E-state index contributed by atoms with van der Waals surface area (Å²) in [7, 11) is 0. The van der Waals surface area contributed by atoms with Crippen LogP contribution in [0.25, 0.3) is 0 Å². The van der Waals surface area contributed by atoms with Gasteiger partial charge in [-0.25, -0.2) is 4.39 Å². The van der Waals surface area contributed by atoms with Crippen LogP contribution < -0.4 is 10.2 Å². The standard InChI is InChI=1S/C26H31FN4O2S/c1-2-14-29-15-12-19(13-16-29)18-30-23(17-24(32)28-21-10-8-20(27)9-11-21)25(33)31(26(30)34)22-6-4-3-5-7-22/h3-11,19,23H,2,12-18H2,1H3,(H,28,32)/t23-/m0/s1. The van der Waals surface area contributed by atoms with Gasteiger partial charge in [0.15, 0.2) is 5.11 Å². The number of carbonyl (C=O) groups excluding carboxylic acids is 2. The van der Waals surface area contributed by atoms with Crippen molar-refractivity contribution in [3.8, 4) is 0 Å². The highest BCUT2D eigenvalue weighted by molar-refractivity contribution is 7.80. The third kappa shape index (κ3) is 5.62. The van der Waals surface area contributed by atoms with Crippen LogP contribution in [0.4, 0.5) is 15.8 Å². The number of carbonyl (C=O) groups is 2. The number of amides is 2. The number of piperidine rings is 1. The number of likely N-dealkylation sites (tertiary alicyclic amines) is 1. The first-order valence-electron chi connectivity index (χ1n) is 11.9. The molecule has 180 valence electrons. The molecule has 0 aliphatic carbocycles. The molecule has 0 bridgehead atoms. The van der Waals surface area contributed by atoms with E-state index in [1.54, 1.807) is 4.90 Å². The van der Waals surface area contributed by atoms with E-state index in [2.05, 4.69) is 17.1 Å². The van der Waals surface area contributed by atoms with Gasteiger partial charge in [0.05, 0.1) is 12.1 Å². The van der Waals surface area contributed by atoms with Crippen molar-refractivity contribution in [2.24, 2.45) is 5.92 Å². The lowest BCUT2D eigenvalue weighted by Crippen LogP contribution is -2.44. The van der Waals surface area contributed by atoms with E-state index in [4.69, 9.17) is 12.2 Å². The van der Waals surface area contributed by atoms with E-state index >= 15 is 0 Å². The van der Waals surface area contributed by atoms with Crippen LogP contribution in [-0.4, -0.2) is 58.9 Å². The predicted octanol–water partition coefficient (Wildman–Crippen LogP) is 4.28. The summed E-state index contributed by atoms with van der Waals surface area (Å²) < 4.78 is 13.2. The number of nitrogens with zero attached hydrogens (tertiary/aromatic N) is 3. The van der Waals surface area contributed by atoms with Crippen molar-refractivity contribution >= 4 is 40.5 Å². The van der Waals surface area contributed by atoms with Crippen LogP contribution >= 0.6 is 12.2 Å². The van der Waals surface area contributed by atoms with Gasteiger partial charge in [-0.3, -0.25) is 14.5 Å². The van der Waals surface area contributed by atoms with Crippen LogP contribution in [-0.2, 0) is 9.59 Å². The summed E-state index contributed by atoms with van der Waals surface area (Å²) in [5.41, 5.74) is 1.20. The van der Waals surface area contributed by atoms with Crippen molar-refractivity contribution in [3.05, 3.63) is 60.4 Å². The van der Waals surface area contributed by atoms with Gasteiger partial charge in [0, 0.05) is 12.2 Å². The summed E-state index contributed by atoms with van der Waals surface area (Å²) in [6.07, 6.45) is 3.22. The van der Waals surface area contributed by atoms with Crippen molar-refractivity contribution in [1.29, 1.82) is 0 Å². The summed E-state index contributed by atoms with van der Waals surface area (Å²) >= 11 is 5.78. The summed E-state index contributed by atoms with van der Waals surface area (Å²) in [6, 6.07) is 14.3. The maximum Gasteiger partial charge on any atom is 0.256 e. The Morgan fingerprint density at radius 2 is 1.76 bits per heavy atom. The lowest BCUT2D eigenvalue weighted by atomic mass is 9.95. The van der Waals surface area contributed by atoms with Gasteiger partial charge in [-0.05, 0) is 93.4 Å². The van der Waals surface area contributed by atoms with Gasteiger partial charge >= 0.3 is 0 Å². The van der Waals surface area contributed by atoms with Crippen LogP contribution in [0.1, 0.15) is 32.6 Å². The molecular formula is C26H31FN4O2S. The van der Waals surface area contributed by atoms with Gasteiger partial charge < -0.3 is 15.1 Å². The quantitative estimate of drug-likeness (QED) is 0.570. The average Bonchev–Trinajstić information content (AvgIpc) is 3.06. The lowest BCUT2D eigenvalue weighted by molar-refractivity contribution is -0.124. The zero-order valence-corrected chi connectivity index (χ0v) is 20.3. The topological polar surface area (TPSA) is 55.9 Å². The first kappa shape index (κ1) is 24.3. The molecule has 34 heavy (non-hydrogen) atoms. The number of hydrogen-bond donors (Lipinski definition) is 1. The van der Waals surface area contributed by atoms with Crippen molar-refractivity contribution < 1.29 is 14.0 Å². The highest BCUT2D eigenvalue weighted by Crippen LogP contribution is 2.30. The Balaban J connectivity index is 1.49. The predicted molar refractivity (Wildman–Crippen MR) is 136 cm³/mol. The first-order valence-corrected chi connectivity index (χ1v) is 12.3. The third-order valence-corrected chi connectivity index (χ3v) is 6.96. The smallest absolute Gasteiger partial charge is 0.256 e. The fourth-order valence-electron chi connectivity index (χ4n) is 4.76. The molecule has 2 amide bonds. The molecule has 2 aromatic carbocycles. The summed E-state index contributed by atoms with van der Waals surface area (Å²) in [5, 5.41) is 3.23. The molecule has 1 N–H and O–H groups in total. The second kappa shape index (κ2) is 11.1. The van der Waals surface area contributed by atoms with Crippen molar-refractivity contribution in [3.63, 3.8) is 0 Å². The Bertz CT molecular complexity index is 1010. The number of nitrogens with one attached hydrogen (secondary N) is 1. The number of anilines is 2. The zero-order chi connectivity index (χ0) is 24.1. The second-order valence-electron chi connectivity index (χ2n) is 9.00. The molecule has 6 nitrogen and oxygen atoms in total. The molecule has 2 heterocycles. The minimum Gasteiger partial charge on any atom is -0.336 e. The van der Waals surface area contributed by atoms with E-state index < -0.39 is 6.04 Å². The van der Waals surface area contributed by atoms with Gasteiger partial charge in [0.2, 0.25) is 5.91 Å². The highest BCUT2D eigenvalue weighted by atomic mass is 32.1. The Morgan fingerprint density at radius 1 is 1.09 bits per heavy atom. The molecule has 0 aromatic heterocycles. The van der Waals surface area contributed by atoms with Crippen LogP contribution in [0.5, 0.6) is 0 Å². The van der Waals surface area contributed by atoms with Gasteiger partial charge in [-0.1, -0.05) is 25.1 Å². The molecule has 2 aliphatic rings. The highest BCUT2D eigenvalue weighted by Gasteiger charge is 2.44. The van der Waals surface area contributed by atoms with Gasteiger partial charge in [-0.15, -0.1) is 0 Å². The molecule has 2 saturated heterocycles. The van der Waals surface area contributed by atoms with Crippen molar-refractivity contribution in [2.75, 3.05) is 36.4 Å². The molecular weight excluding hydrogens is 451 g/mol. The minimum atomic E-state index is -0.665. The number of thiocarbonyl (C=S) groups is 1. The van der Waals surface area contributed by atoms with Crippen LogP contribution in [0.3, 0.4) is 0 Å². The third-order valence-electron chi connectivity index (χ3n) is 6.54. The van der Waals surface area contributed by atoms with Crippen molar-refractivity contribution in [2.45, 2.75) is 38.6 Å². The largest absolute Gasteiger partial charge is 0.336 e. The molecule has 0 spiro atoms. The Hall–Kier alpha value is -2.84. The van der Waals surface area contributed by atoms with E-state index in [-0.39, 0.29) is 24.1 Å². The SMILES string of the molecule is CCCN1CCC(CN2C(=S)N(c3ccccc3)C(=O)[C@@H]2CC(=O)Nc2ccc(F)cc2)CC1. The van der Waals surface area contributed by atoms with Crippen LogP contribution in [0.2, 0.25) is 0 Å². The molecule has 0 saturated carbocycles. The lowest BCUT2D eigenvalue weighted by Gasteiger charge is -2.35. The molecule has 0 radical (unpaired) electrons. The minimum absolute atomic E-state index is 0.0195. The number of halogens is 1. The molecule has 2 fully saturated rings. The van der Waals surface area contributed by atoms with E-state index in [0.29, 0.717) is 28.9 Å². The number of para-hydroxylation sites is 1. The van der Waals surface area contributed by atoms with Crippen LogP contribution in [0, 0.1) is 11.7 Å². The summed E-state index contributed by atoms with van der Waals surface area (Å²) in [5.74, 6) is -0.444. The molecule has 2 aromatic rings. The molecule has 0 unspecified atom stereocenters. The molecule has 2 aliphatic heterocycles. The maximum absolute atomic E-state index is 13.5. The van der Waals surface area contributed by atoms with Crippen molar-refractivity contribution in [1.82, 2.24) is 9.80 Å². The molecule has 4 rings (SSSR count). The zero-order valence-electron chi connectivity index (χ0n) is 19.5. The van der Waals surface area contributed by atoms with E-state index in [1.807, 2.05) is 35.2 Å². The van der Waals surface area contributed by atoms with Gasteiger partial charge in [-0.2, -0.15) is 0 Å². The number of rotatable bonds is 8. The van der Waals surface area contributed by atoms with E-state index in [1.165, 1.54) is 24.3 Å². The fraction of sp³-hybridized carbons (Fsp3) is 0.423. The van der Waals surface area contributed by atoms with Gasteiger partial charge in [0.25, 0.3) is 5.91 Å². The normalized spacial score (nSPS) is 19.6. The Morgan fingerprint density at radius 3 is 2.41 bits per heavy atom. The first-order chi connectivity index (χ1) is 16.5. The molecule has 1 atom stereocenters. The number of hydrogen-bond acceptors (Lipinski definition) is 4. The summed E-state index contributed by atoms with van der Waals surface area (Å²) in [6.45, 7) is 6.06. The fourth-order valence-corrected chi connectivity index (χ4v) is 5.16.